The van der Waals surface area contributed by atoms with Crippen LogP contribution in [-0.4, -0.2) is 34.8 Å². The van der Waals surface area contributed by atoms with E-state index in [9.17, 15) is 0 Å². The summed E-state index contributed by atoms with van der Waals surface area (Å²) in [4.78, 5) is 9.04. The Bertz CT molecular complexity index is 867. The van der Waals surface area contributed by atoms with Gasteiger partial charge in [-0.1, -0.05) is 24.2 Å². The summed E-state index contributed by atoms with van der Waals surface area (Å²) in [5, 5.41) is 3.97. The highest BCUT2D eigenvalue weighted by Gasteiger charge is 2.19. The van der Waals surface area contributed by atoms with E-state index in [4.69, 9.17) is 9.47 Å². The summed E-state index contributed by atoms with van der Waals surface area (Å²) in [6, 6.07) is 4.05. The van der Waals surface area contributed by atoms with Gasteiger partial charge >= 0.3 is 0 Å². The SMILES string of the molecule is CNc1nc2ccc(-n3ccnc3COC3CCCC3)c(OC)c2s1. The maximum atomic E-state index is 6.05. The van der Waals surface area contributed by atoms with Crippen LogP contribution in [0.1, 0.15) is 31.5 Å². The number of ether oxygens (including phenoxy) is 2. The Morgan fingerprint density at radius 1 is 1.32 bits per heavy atom. The van der Waals surface area contributed by atoms with Gasteiger partial charge < -0.3 is 14.8 Å². The first-order valence-corrected chi connectivity index (χ1v) is 9.41. The van der Waals surface area contributed by atoms with Crippen molar-refractivity contribution >= 4 is 26.7 Å². The molecule has 132 valence electrons. The third-order valence-electron chi connectivity index (χ3n) is 4.64. The van der Waals surface area contributed by atoms with Crippen molar-refractivity contribution in [2.24, 2.45) is 0 Å². The number of nitrogens with zero attached hydrogens (tertiary/aromatic N) is 3. The van der Waals surface area contributed by atoms with Crippen LogP contribution in [0.4, 0.5) is 5.13 Å². The number of aromatic nitrogens is 3. The Morgan fingerprint density at radius 3 is 2.92 bits per heavy atom. The number of hydrogen-bond donors (Lipinski definition) is 1. The minimum atomic E-state index is 0.370. The predicted octanol–water partition coefficient (Wildman–Crippen LogP) is 3.99. The normalized spacial score (nSPS) is 15.1. The van der Waals surface area contributed by atoms with Crippen molar-refractivity contribution in [3.8, 4) is 11.4 Å². The van der Waals surface area contributed by atoms with Crippen LogP contribution in [0.25, 0.3) is 15.9 Å². The second-order valence-electron chi connectivity index (χ2n) is 6.17. The molecule has 1 aliphatic rings. The fourth-order valence-corrected chi connectivity index (χ4v) is 4.30. The monoisotopic (exact) mass is 358 g/mol. The lowest BCUT2D eigenvalue weighted by molar-refractivity contribution is 0.0411. The van der Waals surface area contributed by atoms with Gasteiger partial charge in [0.25, 0.3) is 0 Å². The number of nitrogens with one attached hydrogen (secondary N) is 1. The maximum absolute atomic E-state index is 6.05. The van der Waals surface area contributed by atoms with Gasteiger partial charge in [-0.15, -0.1) is 0 Å². The summed E-state index contributed by atoms with van der Waals surface area (Å²) in [7, 11) is 3.57. The van der Waals surface area contributed by atoms with E-state index in [2.05, 4.69) is 15.3 Å². The lowest BCUT2D eigenvalue weighted by Gasteiger charge is -2.15. The molecule has 25 heavy (non-hydrogen) atoms. The van der Waals surface area contributed by atoms with E-state index in [0.717, 1.165) is 45.5 Å². The van der Waals surface area contributed by atoms with E-state index in [1.165, 1.54) is 12.8 Å². The van der Waals surface area contributed by atoms with Gasteiger partial charge in [0.15, 0.2) is 10.9 Å². The minimum Gasteiger partial charge on any atom is -0.493 e. The van der Waals surface area contributed by atoms with Gasteiger partial charge in [0, 0.05) is 19.4 Å². The molecule has 3 aromatic rings. The zero-order chi connectivity index (χ0) is 17.2. The first-order chi connectivity index (χ1) is 12.3. The number of thiazole rings is 1. The number of rotatable bonds is 6. The number of methoxy groups -OCH3 is 1. The van der Waals surface area contributed by atoms with Crippen molar-refractivity contribution in [1.29, 1.82) is 0 Å². The Hall–Kier alpha value is -2.12. The first-order valence-electron chi connectivity index (χ1n) is 8.59. The molecule has 0 unspecified atom stereocenters. The molecule has 0 amide bonds. The molecule has 7 heteroatoms. The van der Waals surface area contributed by atoms with Crippen molar-refractivity contribution in [1.82, 2.24) is 14.5 Å². The molecule has 6 nitrogen and oxygen atoms in total. The van der Waals surface area contributed by atoms with Crippen molar-refractivity contribution in [3.05, 3.63) is 30.4 Å². The first kappa shape index (κ1) is 16.4. The second-order valence-corrected chi connectivity index (χ2v) is 7.17. The van der Waals surface area contributed by atoms with E-state index in [1.54, 1.807) is 18.4 Å². The molecule has 0 bridgehead atoms. The fraction of sp³-hybridized carbons (Fsp3) is 0.444. The van der Waals surface area contributed by atoms with E-state index < -0.39 is 0 Å². The Morgan fingerprint density at radius 2 is 2.16 bits per heavy atom. The van der Waals surface area contributed by atoms with Crippen molar-refractivity contribution < 1.29 is 9.47 Å². The fourth-order valence-electron chi connectivity index (χ4n) is 3.36. The van der Waals surface area contributed by atoms with Crippen LogP contribution < -0.4 is 10.1 Å². The highest BCUT2D eigenvalue weighted by Crippen LogP contribution is 2.38. The average molecular weight is 358 g/mol. The highest BCUT2D eigenvalue weighted by molar-refractivity contribution is 7.22. The van der Waals surface area contributed by atoms with Crippen LogP contribution in [0.15, 0.2) is 24.5 Å². The van der Waals surface area contributed by atoms with Gasteiger partial charge in [-0.2, -0.15) is 0 Å². The molecule has 1 saturated carbocycles. The molecule has 0 aliphatic heterocycles. The van der Waals surface area contributed by atoms with E-state index >= 15 is 0 Å². The second kappa shape index (κ2) is 7.01. The van der Waals surface area contributed by atoms with Crippen LogP contribution in [0.5, 0.6) is 5.75 Å². The summed E-state index contributed by atoms with van der Waals surface area (Å²) >= 11 is 1.59. The molecular formula is C18H22N4O2S. The number of hydrogen-bond acceptors (Lipinski definition) is 6. The number of fused-ring (bicyclic) bond motifs is 1. The molecule has 1 aliphatic carbocycles. The standard InChI is InChI=1S/C18H22N4O2S/c1-19-18-21-13-7-8-14(16(23-2)17(13)25-18)22-10-9-20-15(22)11-24-12-5-3-4-6-12/h7-10,12H,3-6,11H2,1-2H3,(H,19,21). The largest absolute Gasteiger partial charge is 0.493 e. The zero-order valence-electron chi connectivity index (χ0n) is 14.5. The zero-order valence-corrected chi connectivity index (χ0v) is 15.3. The summed E-state index contributed by atoms with van der Waals surface area (Å²) in [6.45, 7) is 0.517. The quantitative estimate of drug-likeness (QED) is 0.722. The van der Waals surface area contributed by atoms with Crippen LogP contribution in [0, 0.1) is 0 Å². The van der Waals surface area contributed by atoms with Gasteiger partial charge in [-0.05, 0) is 25.0 Å². The average Bonchev–Trinajstić information content (AvgIpc) is 3.38. The molecule has 1 aromatic carbocycles. The van der Waals surface area contributed by atoms with Crippen LogP contribution in [0.2, 0.25) is 0 Å². The molecule has 0 saturated heterocycles. The number of imidazole rings is 1. The van der Waals surface area contributed by atoms with Crippen molar-refractivity contribution in [2.75, 3.05) is 19.5 Å². The number of anilines is 1. The van der Waals surface area contributed by atoms with E-state index in [1.807, 2.05) is 36.1 Å². The molecule has 2 aromatic heterocycles. The lowest BCUT2D eigenvalue weighted by Crippen LogP contribution is -2.11. The number of benzene rings is 1. The smallest absolute Gasteiger partial charge is 0.183 e. The molecule has 0 radical (unpaired) electrons. The third kappa shape index (κ3) is 3.09. The third-order valence-corrected chi connectivity index (χ3v) is 5.72. The molecular weight excluding hydrogens is 336 g/mol. The Kier molecular flexibility index (Phi) is 4.59. The van der Waals surface area contributed by atoms with Gasteiger partial charge in [0.2, 0.25) is 0 Å². The van der Waals surface area contributed by atoms with Gasteiger partial charge in [0.05, 0.1) is 24.4 Å². The molecule has 1 N–H and O–H groups in total. The Labute approximate surface area is 150 Å². The summed E-state index contributed by atoms with van der Waals surface area (Å²) in [5.74, 6) is 1.71. The van der Waals surface area contributed by atoms with Crippen LogP contribution in [0.3, 0.4) is 0 Å². The summed E-state index contributed by atoms with van der Waals surface area (Å²) in [5.41, 5.74) is 1.89. The predicted molar refractivity (Wildman–Crippen MR) is 99.9 cm³/mol. The summed E-state index contributed by atoms with van der Waals surface area (Å²) in [6.07, 6.45) is 8.98. The molecule has 0 atom stereocenters. The van der Waals surface area contributed by atoms with Gasteiger partial charge in [-0.25, -0.2) is 9.97 Å². The van der Waals surface area contributed by atoms with Crippen molar-refractivity contribution in [3.63, 3.8) is 0 Å². The minimum absolute atomic E-state index is 0.370. The van der Waals surface area contributed by atoms with Gasteiger partial charge in [-0.3, -0.25) is 4.57 Å². The molecule has 4 rings (SSSR count). The van der Waals surface area contributed by atoms with Gasteiger partial charge in [0.1, 0.15) is 17.1 Å². The topological polar surface area (TPSA) is 61.2 Å². The van der Waals surface area contributed by atoms with E-state index in [-0.39, 0.29) is 0 Å². The maximum Gasteiger partial charge on any atom is 0.183 e. The van der Waals surface area contributed by atoms with Crippen LogP contribution in [-0.2, 0) is 11.3 Å². The lowest BCUT2D eigenvalue weighted by atomic mass is 10.2. The van der Waals surface area contributed by atoms with Crippen LogP contribution >= 0.6 is 11.3 Å². The highest BCUT2D eigenvalue weighted by atomic mass is 32.1. The van der Waals surface area contributed by atoms with Crippen molar-refractivity contribution in [2.45, 2.75) is 38.4 Å². The molecule has 0 spiro atoms. The Balaban J connectivity index is 1.68. The molecule has 2 heterocycles. The molecule has 1 fully saturated rings. The van der Waals surface area contributed by atoms with E-state index in [0.29, 0.717) is 12.7 Å². The summed E-state index contributed by atoms with van der Waals surface area (Å²) < 4.78 is 14.9.